The number of aryl methyl sites for hydroxylation is 1. The quantitative estimate of drug-likeness (QED) is 0.121. The number of fused-ring (bicyclic) bond motifs is 4. The molecule has 0 radical (unpaired) electrons. The number of nitrogens with one attached hydrogen (secondary N) is 1. The molecule has 2 aliphatic heterocycles. The molecule has 1 amide bonds. The van der Waals surface area contributed by atoms with Gasteiger partial charge in [-0.15, -0.1) is 0 Å². The number of carbonyl (C=O) groups is 3. The van der Waals surface area contributed by atoms with Crippen molar-refractivity contribution in [1.29, 1.82) is 0 Å². The zero-order chi connectivity index (χ0) is 37.0. The van der Waals surface area contributed by atoms with Crippen LogP contribution in [0.1, 0.15) is 67.1 Å². The minimum atomic E-state index is -0.858. The summed E-state index contributed by atoms with van der Waals surface area (Å²) in [6.07, 6.45) is 12.0. The maximum Gasteiger partial charge on any atom is 0.305 e. The normalized spacial score (nSPS) is 19.8. The van der Waals surface area contributed by atoms with E-state index in [-0.39, 0.29) is 30.2 Å². The molecule has 3 N–H and O–H groups in total. The average molecular weight is 698 g/mol. The SMILES string of the molecule is CNC(=O)c1ccc2ccc3c(c2c1)C(C)(C)C(/C=C/C=C/C=C1/N(CCC(=O)O)c2ccccc2C1(C)CCc1ccccc1)N3CCC(=O)O. The highest BCUT2D eigenvalue weighted by molar-refractivity contribution is 6.01. The number of carboxylic acid groups (broad SMARTS) is 2. The lowest BCUT2D eigenvalue weighted by atomic mass is 9.76. The Bertz CT molecular complexity index is 2080. The molecule has 0 spiro atoms. The van der Waals surface area contributed by atoms with E-state index in [0.29, 0.717) is 18.7 Å². The predicted octanol–water partition coefficient (Wildman–Crippen LogP) is 8.02. The average Bonchev–Trinajstić information content (AvgIpc) is 3.51. The van der Waals surface area contributed by atoms with Crippen molar-refractivity contribution < 1.29 is 24.6 Å². The minimum absolute atomic E-state index is 0.00752. The Morgan fingerprint density at radius 1 is 0.808 bits per heavy atom. The number of carboxylic acids is 2. The second-order valence-electron chi connectivity index (χ2n) is 14.4. The number of anilines is 2. The van der Waals surface area contributed by atoms with Gasteiger partial charge in [0.2, 0.25) is 0 Å². The molecule has 2 aliphatic rings. The number of aliphatic carboxylic acids is 2. The van der Waals surface area contributed by atoms with Crippen molar-refractivity contribution in [3.8, 4) is 0 Å². The van der Waals surface area contributed by atoms with Gasteiger partial charge in [-0.25, -0.2) is 0 Å². The molecule has 0 fully saturated rings. The number of allylic oxidation sites excluding steroid dienone is 5. The zero-order valence-corrected chi connectivity index (χ0v) is 30.3. The Morgan fingerprint density at radius 2 is 1.50 bits per heavy atom. The van der Waals surface area contributed by atoms with Crippen LogP contribution in [0.4, 0.5) is 11.4 Å². The topological polar surface area (TPSA) is 110 Å². The van der Waals surface area contributed by atoms with E-state index in [0.717, 1.165) is 46.2 Å². The van der Waals surface area contributed by atoms with Crippen LogP contribution in [0.15, 0.2) is 121 Å². The van der Waals surface area contributed by atoms with E-state index in [1.165, 1.54) is 11.1 Å². The standard InChI is InChI=1S/C44H47N3O5/c1-43(2)37(47(28-25-40(50)51)36-22-21-31-19-20-32(42(52)45-4)29-33(31)41(36)43)17-9-6-10-18-38-44(3,26-23-30-13-7-5-8-14-30)34-15-11-12-16-35(34)46(38)27-24-39(48)49/h5-22,29,37H,23-28H2,1-4H3,(H,45,52)(H,48,49)(H,50,51)/b10-6+,17-9+,38-18+. The molecule has 268 valence electrons. The molecule has 0 aromatic heterocycles. The molecule has 2 atom stereocenters. The highest BCUT2D eigenvalue weighted by Gasteiger charge is 2.45. The minimum Gasteiger partial charge on any atom is -0.481 e. The van der Waals surface area contributed by atoms with E-state index in [1.54, 1.807) is 7.05 Å². The lowest BCUT2D eigenvalue weighted by Gasteiger charge is -2.32. The first-order valence-corrected chi connectivity index (χ1v) is 17.9. The summed E-state index contributed by atoms with van der Waals surface area (Å²) in [5.41, 5.74) is 6.45. The number of nitrogens with zero attached hydrogens (tertiary/aromatic N) is 2. The molecule has 2 heterocycles. The van der Waals surface area contributed by atoms with Crippen molar-refractivity contribution in [3.63, 3.8) is 0 Å². The maximum absolute atomic E-state index is 12.6. The maximum atomic E-state index is 12.6. The third-order valence-electron chi connectivity index (χ3n) is 10.8. The van der Waals surface area contributed by atoms with Crippen LogP contribution in [-0.2, 0) is 26.8 Å². The number of amides is 1. The summed E-state index contributed by atoms with van der Waals surface area (Å²) < 4.78 is 0. The van der Waals surface area contributed by atoms with Gasteiger partial charge >= 0.3 is 11.9 Å². The van der Waals surface area contributed by atoms with Gasteiger partial charge in [0.15, 0.2) is 0 Å². The number of benzene rings is 4. The predicted molar refractivity (Wildman–Crippen MR) is 208 cm³/mol. The molecule has 4 aromatic rings. The number of rotatable bonds is 13. The molecule has 0 bridgehead atoms. The fourth-order valence-corrected chi connectivity index (χ4v) is 8.16. The third-order valence-corrected chi connectivity index (χ3v) is 10.8. The molecule has 2 unspecified atom stereocenters. The second kappa shape index (κ2) is 14.9. The van der Waals surface area contributed by atoms with Crippen LogP contribution in [0.25, 0.3) is 10.8 Å². The molecule has 0 aliphatic carbocycles. The molecular formula is C44H47N3O5. The Labute approximate surface area is 305 Å². The fourth-order valence-electron chi connectivity index (χ4n) is 8.16. The highest BCUT2D eigenvalue weighted by atomic mass is 16.4. The summed E-state index contributed by atoms with van der Waals surface area (Å²) in [6.45, 7) is 7.31. The first-order valence-electron chi connectivity index (χ1n) is 17.9. The van der Waals surface area contributed by atoms with Crippen LogP contribution < -0.4 is 15.1 Å². The van der Waals surface area contributed by atoms with Gasteiger partial charge in [0, 0.05) is 53.6 Å². The van der Waals surface area contributed by atoms with Gasteiger partial charge in [-0.3, -0.25) is 14.4 Å². The van der Waals surface area contributed by atoms with E-state index >= 15 is 0 Å². The Morgan fingerprint density at radius 3 is 2.23 bits per heavy atom. The summed E-state index contributed by atoms with van der Waals surface area (Å²) in [6, 6.07) is 28.4. The van der Waals surface area contributed by atoms with Crippen molar-refractivity contribution in [2.75, 3.05) is 29.9 Å². The van der Waals surface area contributed by atoms with Crippen LogP contribution in [0.5, 0.6) is 0 Å². The van der Waals surface area contributed by atoms with Crippen LogP contribution >= 0.6 is 0 Å². The van der Waals surface area contributed by atoms with Crippen molar-refractivity contribution in [2.45, 2.75) is 63.3 Å². The summed E-state index contributed by atoms with van der Waals surface area (Å²) in [5, 5.41) is 24.0. The Kier molecular flexibility index (Phi) is 10.4. The summed E-state index contributed by atoms with van der Waals surface area (Å²) in [5.74, 6) is -1.85. The van der Waals surface area contributed by atoms with E-state index < -0.39 is 17.4 Å². The van der Waals surface area contributed by atoms with Crippen LogP contribution in [0.2, 0.25) is 0 Å². The van der Waals surface area contributed by atoms with Gasteiger partial charge in [0.1, 0.15) is 0 Å². The number of hydrogen-bond acceptors (Lipinski definition) is 5. The first kappa shape index (κ1) is 36.2. The monoisotopic (exact) mass is 697 g/mol. The van der Waals surface area contributed by atoms with Gasteiger partial charge in [0.05, 0.1) is 18.9 Å². The van der Waals surface area contributed by atoms with E-state index in [4.69, 9.17) is 0 Å². The van der Waals surface area contributed by atoms with Gasteiger partial charge in [-0.1, -0.05) is 98.8 Å². The Hall–Kier alpha value is -5.63. The second-order valence-corrected chi connectivity index (χ2v) is 14.4. The lowest BCUT2D eigenvalue weighted by Crippen LogP contribution is -2.41. The van der Waals surface area contributed by atoms with E-state index in [2.05, 4.69) is 96.6 Å². The van der Waals surface area contributed by atoms with Crippen molar-refractivity contribution >= 4 is 40.0 Å². The van der Waals surface area contributed by atoms with E-state index in [1.807, 2.05) is 54.6 Å². The molecule has 0 saturated heterocycles. The van der Waals surface area contributed by atoms with Gasteiger partial charge in [-0.05, 0) is 77.6 Å². The summed E-state index contributed by atoms with van der Waals surface area (Å²) in [4.78, 5) is 40.4. The molecule has 8 heteroatoms. The van der Waals surface area contributed by atoms with E-state index in [9.17, 15) is 24.6 Å². The molecule has 6 rings (SSSR count). The first-order chi connectivity index (χ1) is 25.0. The molecule has 52 heavy (non-hydrogen) atoms. The number of para-hydroxylation sites is 1. The lowest BCUT2D eigenvalue weighted by molar-refractivity contribution is -0.137. The van der Waals surface area contributed by atoms with Crippen LogP contribution in [-0.4, -0.2) is 54.2 Å². The van der Waals surface area contributed by atoms with Crippen molar-refractivity contribution in [3.05, 3.63) is 143 Å². The molecule has 8 nitrogen and oxygen atoms in total. The van der Waals surface area contributed by atoms with Crippen LogP contribution in [0, 0.1) is 0 Å². The van der Waals surface area contributed by atoms with Gasteiger partial charge < -0.3 is 25.3 Å². The van der Waals surface area contributed by atoms with Crippen LogP contribution in [0.3, 0.4) is 0 Å². The van der Waals surface area contributed by atoms with Gasteiger partial charge in [0.25, 0.3) is 5.91 Å². The third kappa shape index (κ3) is 6.98. The summed E-state index contributed by atoms with van der Waals surface area (Å²) >= 11 is 0. The van der Waals surface area contributed by atoms with Crippen molar-refractivity contribution in [1.82, 2.24) is 5.32 Å². The number of hydrogen-bond donors (Lipinski definition) is 3. The Balaban J connectivity index is 1.34. The zero-order valence-electron chi connectivity index (χ0n) is 30.3. The molecule has 0 saturated carbocycles. The smallest absolute Gasteiger partial charge is 0.305 e. The number of carbonyl (C=O) groups excluding carboxylic acids is 1. The highest BCUT2D eigenvalue weighted by Crippen LogP contribution is 2.51. The van der Waals surface area contributed by atoms with Crippen molar-refractivity contribution in [2.24, 2.45) is 0 Å². The molecule has 4 aromatic carbocycles. The molecular weight excluding hydrogens is 651 g/mol. The fraction of sp³-hybridized carbons (Fsp3) is 0.295. The largest absolute Gasteiger partial charge is 0.481 e. The summed E-state index contributed by atoms with van der Waals surface area (Å²) in [7, 11) is 1.62. The van der Waals surface area contributed by atoms with Gasteiger partial charge in [-0.2, -0.15) is 0 Å².